The summed E-state index contributed by atoms with van der Waals surface area (Å²) in [6, 6.07) is 14.8. The van der Waals surface area contributed by atoms with Gasteiger partial charge < -0.3 is 19.2 Å². The number of hydrogen-bond donors (Lipinski definition) is 1. The van der Waals surface area contributed by atoms with E-state index < -0.39 is 11.4 Å². The van der Waals surface area contributed by atoms with E-state index in [9.17, 15) is 9.59 Å². The lowest BCUT2D eigenvalue weighted by Crippen LogP contribution is -2.22. The Morgan fingerprint density at radius 1 is 1.12 bits per heavy atom. The van der Waals surface area contributed by atoms with E-state index in [4.69, 9.17) is 13.9 Å². The third-order valence-electron chi connectivity index (χ3n) is 4.88. The molecule has 2 aromatic carbocycles. The number of hydrogen-bond acceptors (Lipinski definition) is 8. The summed E-state index contributed by atoms with van der Waals surface area (Å²) in [7, 11) is 0. The van der Waals surface area contributed by atoms with Crippen LogP contribution in [0.15, 0.2) is 58.2 Å². The van der Waals surface area contributed by atoms with Crippen LogP contribution in [0, 0.1) is 0 Å². The van der Waals surface area contributed by atoms with Crippen molar-refractivity contribution < 1.29 is 23.5 Å². The highest BCUT2D eigenvalue weighted by Gasteiger charge is 2.28. The third-order valence-corrected chi connectivity index (χ3v) is 5.81. The summed E-state index contributed by atoms with van der Waals surface area (Å²) >= 11 is 1.20. The van der Waals surface area contributed by atoms with E-state index in [0.717, 1.165) is 5.56 Å². The number of carbonyl (C=O) groups excluding carboxylic acids is 2. The van der Waals surface area contributed by atoms with Crippen LogP contribution in [0.5, 0.6) is 11.5 Å². The molecular formula is C23H23N3O5S. The predicted octanol–water partition coefficient (Wildman–Crippen LogP) is 3.62. The zero-order valence-corrected chi connectivity index (χ0v) is 18.6. The number of fused-ring (bicyclic) bond motifs is 1. The minimum absolute atomic E-state index is 0.0330. The zero-order chi connectivity index (χ0) is 22.5. The number of carbonyl (C=O) groups is 2. The molecule has 0 radical (unpaired) electrons. The standard InChI is InChI=1S/C23H23N3O5S/c1-14(21(28)17-9-7-16(8-10-17)11-12-24-15(2)27)32-23-26-25-22(31-23)20-13-29-18-5-3-4-6-19(18)30-20/h3-10,14,20H,11-13H2,1-2H3,(H,24,27). The molecule has 0 fully saturated rings. The van der Waals surface area contributed by atoms with Gasteiger partial charge in [-0.25, -0.2) is 0 Å². The van der Waals surface area contributed by atoms with Gasteiger partial charge in [-0.1, -0.05) is 48.2 Å². The predicted molar refractivity (Wildman–Crippen MR) is 118 cm³/mol. The van der Waals surface area contributed by atoms with Crippen LogP contribution in [0.25, 0.3) is 0 Å². The van der Waals surface area contributed by atoms with Crippen molar-refractivity contribution in [3.63, 3.8) is 0 Å². The highest BCUT2D eigenvalue weighted by Crippen LogP contribution is 2.36. The molecule has 0 spiro atoms. The third kappa shape index (κ3) is 5.28. The van der Waals surface area contributed by atoms with Gasteiger partial charge in [-0.3, -0.25) is 9.59 Å². The summed E-state index contributed by atoms with van der Waals surface area (Å²) in [5, 5.41) is 10.8. The lowest BCUT2D eigenvalue weighted by atomic mass is 10.0. The molecule has 1 aromatic heterocycles. The maximum Gasteiger partial charge on any atom is 0.277 e. The second kappa shape index (κ2) is 9.86. The topological polar surface area (TPSA) is 104 Å². The fourth-order valence-corrected chi connectivity index (χ4v) is 3.96. The number of nitrogens with zero attached hydrogens (tertiary/aromatic N) is 2. The van der Waals surface area contributed by atoms with Gasteiger partial charge in [0.2, 0.25) is 12.0 Å². The maximum absolute atomic E-state index is 12.8. The molecule has 2 atom stereocenters. The van der Waals surface area contributed by atoms with E-state index in [1.54, 1.807) is 19.1 Å². The Morgan fingerprint density at radius 3 is 2.62 bits per heavy atom. The lowest BCUT2D eigenvalue weighted by molar-refractivity contribution is -0.118. The number of amides is 1. The molecule has 1 N–H and O–H groups in total. The van der Waals surface area contributed by atoms with Gasteiger partial charge in [-0.2, -0.15) is 0 Å². The quantitative estimate of drug-likeness (QED) is 0.407. The summed E-state index contributed by atoms with van der Waals surface area (Å²) in [6.45, 7) is 4.13. The number of benzene rings is 2. The van der Waals surface area contributed by atoms with Crippen LogP contribution in [0.3, 0.4) is 0 Å². The molecule has 8 nitrogen and oxygen atoms in total. The van der Waals surface area contributed by atoms with Crippen molar-refractivity contribution in [3.8, 4) is 11.5 Å². The van der Waals surface area contributed by atoms with Crippen LogP contribution in [0.1, 0.15) is 41.8 Å². The average molecular weight is 454 g/mol. The Balaban J connectivity index is 1.33. The van der Waals surface area contributed by atoms with Crippen molar-refractivity contribution in [2.75, 3.05) is 13.2 Å². The van der Waals surface area contributed by atoms with Crippen molar-refractivity contribution in [2.24, 2.45) is 0 Å². The van der Waals surface area contributed by atoms with Gasteiger partial charge in [0.05, 0.1) is 5.25 Å². The van der Waals surface area contributed by atoms with E-state index in [0.29, 0.717) is 41.1 Å². The SMILES string of the molecule is CC(=O)NCCc1ccc(C(=O)C(C)Sc2nnc(C3COc4ccccc4O3)o2)cc1. The molecule has 0 saturated carbocycles. The van der Waals surface area contributed by atoms with Gasteiger partial charge in [0.15, 0.2) is 17.3 Å². The molecule has 32 heavy (non-hydrogen) atoms. The average Bonchev–Trinajstić information content (AvgIpc) is 3.27. The Labute approximate surface area is 189 Å². The van der Waals surface area contributed by atoms with Crippen LogP contribution in [-0.4, -0.2) is 40.3 Å². The summed E-state index contributed by atoms with van der Waals surface area (Å²) in [5.74, 6) is 1.53. The van der Waals surface area contributed by atoms with Crippen molar-refractivity contribution >= 4 is 23.5 Å². The monoisotopic (exact) mass is 453 g/mol. The number of Topliss-reactive ketones (excluding diaryl/α,β-unsaturated/α-hetero) is 1. The largest absolute Gasteiger partial charge is 0.485 e. The molecule has 0 saturated heterocycles. The molecule has 166 valence electrons. The van der Waals surface area contributed by atoms with Crippen molar-refractivity contribution in [1.82, 2.24) is 15.5 Å². The Kier molecular flexibility index (Phi) is 6.75. The Morgan fingerprint density at radius 2 is 1.88 bits per heavy atom. The van der Waals surface area contributed by atoms with Crippen LogP contribution < -0.4 is 14.8 Å². The first-order chi connectivity index (χ1) is 15.5. The molecule has 1 aliphatic rings. The van der Waals surface area contributed by atoms with Crippen LogP contribution in [0.2, 0.25) is 0 Å². The van der Waals surface area contributed by atoms with Gasteiger partial charge in [0.1, 0.15) is 6.61 Å². The molecule has 1 aliphatic heterocycles. The molecule has 4 rings (SSSR count). The summed E-state index contributed by atoms with van der Waals surface area (Å²) < 4.78 is 17.3. The van der Waals surface area contributed by atoms with Crippen LogP contribution in [-0.2, 0) is 11.2 Å². The van der Waals surface area contributed by atoms with Gasteiger partial charge in [0.25, 0.3) is 11.1 Å². The Bertz CT molecular complexity index is 1100. The number of ether oxygens (including phenoxy) is 2. The second-order valence-corrected chi connectivity index (χ2v) is 8.62. The number of para-hydroxylation sites is 2. The molecule has 2 unspecified atom stereocenters. The van der Waals surface area contributed by atoms with E-state index in [-0.39, 0.29) is 18.3 Å². The summed E-state index contributed by atoms with van der Waals surface area (Å²) in [4.78, 5) is 23.8. The molecule has 1 amide bonds. The maximum atomic E-state index is 12.8. The second-order valence-electron chi connectivity index (χ2n) is 7.32. The fraction of sp³-hybridized carbons (Fsp3) is 0.304. The van der Waals surface area contributed by atoms with Crippen LogP contribution in [0.4, 0.5) is 0 Å². The van der Waals surface area contributed by atoms with Crippen molar-refractivity contribution in [1.29, 1.82) is 0 Å². The van der Waals surface area contributed by atoms with Gasteiger partial charge in [-0.15, -0.1) is 10.2 Å². The molecule has 0 bridgehead atoms. The first kappa shape index (κ1) is 21.9. The van der Waals surface area contributed by atoms with Gasteiger partial charge in [0, 0.05) is 19.0 Å². The molecule has 9 heteroatoms. The van der Waals surface area contributed by atoms with Crippen molar-refractivity contribution in [3.05, 3.63) is 65.5 Å². The molecule has 3 aromatic rings. The van der Waals surface area contributed by atoms with Crippen LogP contribution >= 0.6 is 11.8 Å². The highest BCUT2D eigenvalue weighted by molar-refractivity contribution is 8.00. The molecule has 0 aliphatic carbocycles. The van der Waals surface area contributed by atoms with E-state index >= 15 is 0 Å². The van der Waals surface area contributed by atoms with E-state index in [2.05, 4.69) is 15.5 Å². The summed E-state index contributed by atoms with van der Waals surface area (Å²) in [5.41, 5.74) is 1.65. The van der Waals surface area contributed by atoms with Gasteiger partial charge in [-0.05, 0) is 31.0 Å². The molecule has 2 heterocycles. The zero-order valence-electron chi connectivity index (χ0n) is 17.7. The number of aromatic nitrogens is 2. The van der Waals surface area contributed by atoms with E-state index in [1.165, 1.54) is 18.7 Å². The van der Waals surface area contributed by atoms with E-state index in [1.807, 2.05) is 36.4 Å². The molecular weight excluding hydrogens is 430 g/mol. The minimum atomic E-state index is -0.497. The Hall–Kier alpha value is -3.33. The summed E-state index contributed by atoms with van der Waals surface area (Å²) in [6.07, 6.45) is 0.211. The lowest BCUT2D eigenvalue weighted by Gasteiger charge is -2.23. The number of nitrogens with one attached hydrogen (secondary N) is 1. The minimum Gasteiger partial charge on any atom is -0.485 e. The smallest absolute Gasteiger partial charge is 0.277 e. The van der Waals surface area contributed by atoms with Gasteiger partial charge >= 0.3 is 0 Å². The normalized spacial score (nSPS) is 15.8. The van der Waals surface area contributed by atoms with Crippen molar-refractivity contribution in [2.45, 2.75) is 36.8 Å². The number of thioether (sulfide) groups is 1. The number of ketones is 1. The number of rotatable bonds is 8. The first-order valence-corrected chi connectivity index (χ1v) is 11.1. The highest BCUT2D eigenvalue weighted by atomic mass is 32.2. The fourth-order valence-electron chi connectivity index (χ4n) is 3.20. The first-order valence-electron chi connectivity index (χ1n) is 10.3.